The topological polar surface area (TPSA) is 155 Å². The number of nitrogens with zero attached hydrogens (tertiary/aromatic N) is 12. The molecule has 0 aliphatic heterocycles. The number of hydrogen-bond acceptors (Lipinski definition) is 12. The van der Waals surface area contributed by atoms with Gasteiger partial charge in [-0.3, -0.25) is 19.9 Å². The average Bonchev–Trinajstić information content (AvgIpc) is 0.834. The number of benzene rings is 8. The minimum atomic E-state index is 0. The van der Waals surface area contributed by atoms with E-state index in [-0.39, 0.29) is 80.4 Å². The molecule has 0 aliphatic carbocycles. The number of rotatable bonds is 16. The van der Waals surface area contributed by atoms with Gasteiger partial charge in [0.05, 0.1) is 22.8 Å². The molecule has 0 spiro atoms. The van der Waals surface area contributed by atoms with Crippen molar-refractivity contribution in [1.82, 2.24) is 59.8 Å². The largest absolute Gasteiger partial charge is 0.304 e. The average molecular weight is 2510 g/mol. The number of aromatic nitrogens is 12. The fraction of sp³-hybridized carbons (Fsp3) is 0.115. The van der Waals surface area contributed by atoms with E-state index < -0.39 is 0 Å². The Morgan fingerprint density at radius 2 is 0.442 bits per heavy atom. The zero-order valence-electron chi connectivity index (χ0n) is 78.5. The van der Waals surface area contributed by atoms with Crippen molar-refractivity contribution in [3.05, 3.63) is 507 Å². The monoisotopic (exact) mass is 2510 g/mol. The van der Waals surface area contributed by atoms with E-state index in [4.69, 9.17) is 9.97 Å². The van der Waals surface area contributed by atoms with Crippen molar-refractivity contribution in [2.45, 2.75) is 88.0 Å². The summed E-state index contributed by atoms with van der Waals surface area (Å²) in [6.07, 6.45) is 16.9. The molecular formula is C122H104Ir4N12-8. The summed E-state index contributed by atoms with van der Waals surface area (Å²) in [5, 5.41) is 0. The summed E-state index contributed by atoms with van der Waals surface area (Å²) in [4.78, 5) is 53.9. The van der Waals surface area contributed by atoms with Crippen LogP contribution >= 0.6 is 0 Å². The van der Waals surface area contributed by atoms with E-state index in [0.717, 1.165) is 171 Å². The molecule has 696 valence electrons. The van der Waals surface area contributed by atoms with Gasteiger partial charge < -0.3 is 39.9 Å². The third kappa shape index (κ3) is 34.4. The molecule has 20 aromatic rings. The summed E-state index contributed by atoms with van der Waals surface area (Å²) < 4.78 is 0. The van der Waals surface area contributed by atoms with Crippen molar-refractivity contribution in [1.29, 1.82) is 0 Å². The van der Waals surface area contributed by atoms with Crippen LogP contribution in [-0.4, -0.2) is 59.8 Å². The van der Waals surface area contributed by atoms with Gasteiger partial charge >= 0.3 is 0 Å². The van der Waals surface area contributed by atoms with Crippen molar-refractivity contribution >= 4 is 0 Å². The maximum Gasteiger partial charge on any atom is 0.0720 e. The Balaban J connectivity index is 0.000000177. The molecule has 0 atom stereocenters. The van der Waals surface area contributed by atoms with Crippen LogP contribution in [-0.2, 0) is 93.3 Å². The van der Waals surface area contributed by atoms with Crippen molar-refractivity contribution in [2.75, 3.05) is 0 Å². The Morgan fingerprint density at radius 1 is 0.210 bits per heavy atom. The van der Waals surface area contributed by atoms with Crippen LogP contribution in [0.5, 0.6) is 0 Å². The Hall–Kier alpha value is -13.8. The molecule has 0 fully saturated rings. The van der Waals surface area contributed by atoms with E-state index >= 15 is 0 Å². The van der Waals surface area contributed by atoms with E-state index in [2.05, 4.69) is 200 Å². The summed E-state index contributed by atoms with van der Waals surface area (Å²) in [6, 6.07) is 145. The predicted molar refractivity (Wildman–Crippen MR) is 547 cm³/mol. The molecule has 16 heteroatoms. The summed E-state index contributed by atoms with van der Waals surface area (Å²) in [6.45, 7) is 21.0. The summed E-state index contributed by atoms with van der Waals surface area (Å²) in [5.74, 6) is 1.04. The SMILES string of the molecule is CC(C)Cc1cccc(-c2ccc(-c3[c-]cccc3)nc2)n1.CC(C)c1cccc(-c2ccc(-c3[c-]cccc3)nc2)n1.CCc1cccc(-c2ccc(-c3[c-]cccc3)nc2)n1.Cc1ccc(-c2[c-]cccc2)nc1.Cc1ccc(-c2[c-]cccc2)nc1.Cc1ccc(-c2[c-]cccc2)nc1.Cc1ccc(-c2[c-]cccc2)nc1.Cc1cccc(-c2ccc(-c3[c-]cccc3)nc2)n1.[Ir].[Ir].[Ir].[Ir]. The van der Waals surface area contributed by atoms with Crippen molar-refractivity contribution in [3.8, 4) is 135 Å². The third-order valence-electron chi connectivity index (χ3n) is 20.6. The molecular weight excluding hydrogens is 2400 g/mol. The summed E-state index contributed by atoms with van der Waals surface area (Å²) in [7, 11) is 0. The molecule has 0 saturated carbocycles. The maximum absolute atomic E-state index is 4.74. The molecule has 0 N–H and O–H groups in total. The second-order valence-electron chi connectivity index (χ2n) is 32.1. The standard InChI is InChI=1S/C20H19N2.C19H17N2.C18H15N2.C17H13N2.4C12H10N.4Ir/c1-15(2)13-18-9-6-10-20(22-18)17-11-12-19(21-14-17)16-7-4-3-5-8-16;1-14(2)17-9-6-10-19(21-17)16-11-12-18(20-13-16)15-7-4-3-5-8-15;1-2-16-9-6-10-18(20-16)15-11-12-17(19-13-15)14-7-4-3-5-8-14;1-13-6-5-9-17(19-13)15-10-11-16(18-12-15)14-7-3-2-4-8-14;4*1-10-7-8-12(13-9-10)11-5-3-2-4-6-11;;;;/h3-7,9-12,14-15H,13H2,1-2H3;3-7,9-14H,1-2H3;3-7,9-13H,2H2,1H3;2-7,9-12H,1H3;4*2-5,7-9H,1H3;;;;/q8*-1;;;;. The van der Waals surface area contributed by atoms with Crippen LogP contribution < -0.4 is 0 Å². The molecule has 12 nitrogen and oxygen atoms in total. The first-order valence-electron chi connectivity index (χ1n) is 44.8. The molecule has 0 amide bonds. The summed E-state index contributed by atoms with van der Waals surface area (Å²) in [5.41, 5.74) is 32.9. The van der Waals surface area contributed by atoms with Crippen LogP contribution in [0.1, 0.15) is 85.6 Å². The quantitative estimate of drug-likeness (QED) is 0.0846. The molecule has 0 aliphatic rings. The number of hydrogen-bond donors (Lipinski definition) is 0. The first-order valence-corrected chi connectivity index (χ1v) is 44.8. The van der Waals surface area contributed by atoms with Crippen LogP contribution in [0.25, 0.3) is 135 Å². The molecule has 138 heavy (non-hydrogen) atoms. The molecule has 0 bridgehead atoms. The Morgan fingerprint density at radius 3 is 0.659 bits per heavy atom. The zero-order chi connectivity index (χ0) is 93.3. The van der Waals surface area contributed by atoms with E-state index in [1.54, 1.807) is 0 Å². The molecule has 0 unspecified atom stereocenters. The van der Waals surface area contributed by atoms with Crippen molar-refractivity contribution in [2.24, 2.45) is 5.92 Å². The van der Waals surface area contributed by atoms with Gasteiger partial charge in [-0.2, -0.15) is 0 Å². The Labute approximate surface area is 868 Å². The van der Waals surface area contributed by atoms with E-state index in [1.165, 1.54) is 22.3 Å². The fourth-order valence-corrected chi connectivity index (χ4v) is 13.4. The zero-order valence-corrected chi connectivity index (χ0v) is 88.1. The van der Waals surface area contributed by atoms with Gasteiger partial charge in [0.25, 0.3) is 0 Å². The second-order valence-corrected chi connectivity index (χ2v) is 32.1. The van der Waals surface area contributed by atoms with E-state index in [9.17, 15) is 0 Å². The number of aryl methyl sites for hydroxylation is 6. The second kappa shape index (κ2) is 57.9. The summed E-state index contributed by atoms with van der Waals surface area (Å²) >= 11 is 0. The van der Waals surface area contributed by atoms with Crippen LogP contribution in [0, 0.1) is 89.1 Å². The van der Waals surface area contributed by atoms with Gasteiger partial charge in [-0.1, -0.05) is 156 Å². The van der Waals surface area contributed by atoms with Gasteiger partial charge in [0.15, 0.2) is 0 Å². The number of pyridine rings is 12. The maximum atomic E-state index is 4.74. The third-order valence-corrected chi connectivity index (χ3v) is 20.6. The molecule has 0 saturated heterocycles. The smallest absolute Gasteiger partial charge is 0.0720 e. The first kappa shape index (κ1) is 108. The van der Waals surface area contributed by atoms with Crippen LogP contribution in [0.2, 0.25) is 0 Å². The van der Waals surface area contributed by atoms with Gasteiger partial charge in [-0.15, -0.1) is 287 Å². The van der Waals surface area contributed by atoms with Crippen LogP contribution in [0.3, 0.4) is 0 Å². The molecule has 12 aromatic heterocycles. The first-order chi connectivity index (χ1) is 65.6. The minimum Gasteiger partial charge on any atom is -0.304 e. The minimum absolute atomic E-state index is 0. The van der Waals surface area contributed by atoms with Crippen LogP contribution in [0.4, 0.5) is 0 Å². The molecule has 8 aromatic carbocycles. The van der Waals surface area contributed by atoms with Crippen molar-refractivity contribution < 1.29 is 80.4 Å². The predicted octanol–water partition coefficient (Wildman–Crippen LogP) is 29.1. The normalized spacial score (nSPS) is 10.1. The Kier molecular flexibility index (Phi) is 45.2. The van der Waals surface area contributed by atoms with Crippen molar-refractivity contribution in [3.63, 3.8) is 0 Å². The van der Waals surface area contributed by atoms with E-state index in [1.807, 2.05) is 381 Å². The van der Waals surface area contributed by atoms with E-state index in [0.29, 0.717) is 11.8 Å². The van der Waals surface area contributed by atoms with Gasteiger partial charge in [-0.25, -0.2) is 0 Å². The fourth-order valence-electron chi connectivity index (χ4n) is 13.4. The Bertz CT molecular complexity index is 6500. The van der Waals surface area contributed by atoms with Crippen LogP contribution in [0.15, 0.2) is 414 Å². The van der Waals surface area contributed by atoms with Gasteiger partial charge in [0.1, 0.15) is 0 Å². The molecule has 20 rings (SSSR count). The molecule has 12 heterocycles. The van der Waals surface area contributed by atoms with Gasteiger partial charge in [-0.05, 0) is 176 Å². The van der Waals surface area contributed by atoms with Gasteiger partial charge in [0, 0.05) is 175 Å². The van der Waals surface area contributed by atoms with Gasteiger partial charge in [0.2, 0.25) is 0 Å². The molecule has 4 radical (unpaired) electrons.